The number of amides is 2. The van der Waals surface area contributed by atoms with Gasteiger partial charge in [0.25, 0.3) is 5.91 Å². The van der Waals surface area contributed by atoms with Gasteiger partial charge < -0.3 is 19.7 Å². The van der Waals surface area contributed by atoms with Crippen LogP contribution in [0.1, 0.15) is 35.7 Å². The van der Waals surface area contributed by atoms with Crippen molar-refractivity contribution in [3.05, 3.63) is 59.9 Å². The molecule has 0 bridgehead atoms. The lowest BCUT2D eigenvalue weighted by Crippen LogP contribution is -2.44. The zero-order valence-corrected chi connectivity index (χ0v) is 18.6. The first-order chi connectivity index (χ1) is 15.6. The molecule has 0 saturated carbocycles. The van der Waals surface area contributed by atoms with Crippen LogP contribution in [0.2, 0.25) is 0 Å². The third kappa shape index (κ3) is 4.78. The molecule has 2 aliphatic rings. The fourth-order valence-corrected chi connectivity index (χ4v) is 4.87. The summed E-state index contributed by atoms with van der Waals surface area (Å²) in [5.41, 5.74) is 1.45. The molecule has 2 saturated heterocycles. The second-order valence-corrected chi connectivity index (χ2v) is 8.54. The van der Waals surface area contributed by atoms with E-state index in [2.05, 4.69) is 10.3 Å². The number of carbonyl (C=O) groups is 2. The molecule has 1 spiro atoms. The number of nitrogens with zero attached hydrogens (tertiary/aromatic N) is 2. The summed E-state index contributed by atoms with van der Waals surface area (Å²) in [4.78, 5) is 32.5. The maximum atomic E-state index is 13.4. The molecule has 0 radical (unpaired) electrons. The lowest BCUT2D eigenvalue weighted by molar-refractivity contribution is -0.129. The summed E-state index contributed by atoms with van der Waals surface area (Å²) in [6.45, 7) is 5.19. The van der Waals surface area contributed by atoms with Crippen molar-refractivity contribution in [3.63, 3.8) is 0 Å². The predicted octanol–water partition coefficient (Wildman–Crippen LogP) is 2.71. The minimum absolute atomic E-state index is 0.0225. The minimum atomic E-state index is -0.243. The van der Waals surface area contributed by atoms with E-state index in [-0.39, 0.29) is 23.1 Å². The van der Waals surface area contributed by atoms with Crippen LogP contribution in [0.25, 0.3) is 0 Å². The van der Waals surface area contributed by atoms with Crippen LogP contribution in [0, 0.1) is 11.3 Å². The lowest BCUT2D eigenvalue weighted by Gasteiger charge is -2.37. The fourth-order valence-electron chi connectivity index (χ4n) is 4.87. The highest BCUT2D eigenvalue weighted by molar-refractivity contribution is 5.97. The number of ether oxygens (including phenoxy) is 2. The molecule has 1 N–H and O–H groups in total. The van der Waals surface area contributed by atoms with Gasteiger partial charge in [0.2, 0.25) is 5.91 Å². The Balaban J connectivity index is 1.47. The first-order valence-corrected chi connectivity index (χ1v) is 11.4. The van der Waals surface area contributed by atoms with Crippen molar-refractivity contribution in [2.45, 2.75) is 26.2 Å². The summed E-state index contributed by atoms with van der Waals surface area (Å²) < 4.78 is 11.3. The van der Waals surface area contributed by atoms with Crippen LogP contribution < -0.4 is 10.1 Å². The molecule has 1 unspecified atom stereocenters. The average Bonchev–Trinajstić information content (AvgIpc) is 3.19. The Bertz CT molecular complexity index is 928. The Morgan fingerprint density at radius 1 is 1.19 bits per heavy atom. The van der Waals surface area contributed by atoms with Crippen molar-refractivity contribution in [1.29, 1.82) is 0 Å². The molecule has 0 aliphatic carbocycles. The molecule has 3 heterocycles. The summed E-state index contributed by atoms with van der Waals surface area (Å²) in [6, 6.07) is 11.2. The summed E-state index contributed by atoms with van der Waals surface area (Å²) in [5, 5.41) is 3.11. The average molecular weight is 438 g/mol. The quantitative estimate of drug-likeness (QED) is 0.720. The van der Waals surface area contributed by atoms with Crippen molar-refractivity contribution in [1.82, 2.24) is 15.2 Å². The summed E-state index contributed by atoms with van der Waals surface area (Å²) >= 11 is 0. The Kier molecular flexibility index (Phi) is 7.05. The molecule has 1 aromatic carbocycles. The number of nitrogens with one attached hydrogen (secondary N) is 1. The normalized spacial score (nSPS) is 19.7. The molecule has 1 atom stereocenters. The SMILES string of the molecule is CCOc1ccccc1C(=O)N1CC(C(=O)NCCc2ccncc2)C2(CCOCC2)C1. The van der Waals surface area contributed by atoms with Crippen molar-refractivity contribution >= 4 is 11.8 Å². The van der Waals surface area contributed by atoms with Gasteiger partial charge in [-0.2, -0.15) is 0 Å². The smallest absolute Gasteiger partial charge is 0.257 e. The Labute approximate surface area is 189 Å². The summed E-state index contributed by atoms with van der Waals surface area (Å²) in [6.07, 6.45) is 5.84. The molecule has 2 aliphatic heterocycles. The highest BCUT2D eigenvalue weighted by Crippen LogP contribution is 2.45. The molecule has 32 heavy (non-hydrogen) atoms. The fraction of sp³-hybridized carbons (Fsp3) is 0.480. The van der Waals surface area contributed by atoms with Gasteiger partial charge in [-0.3, -0.25) is 14.6 Å². The van der Waals surface area contributed by atoms with Crippen LogP contribution in [0.5, 0.6) is 5.75 Å². The standard InChI is InChI=1S/C25H31N3O4/c1-2-32-22-6-4-3-5-20(22)24(30)28-17-21(25(18-28)10-15-31-16-11-25)23(29)27-14-9-19-7-12-26-13-8-19/h3-8,12-13,21H,2,9-11,14-18H2,1H3,(H,27,29). The number of carbonyl (C=O) groups excluding carboxylic acids is 2. The molecule has 4 rings (SSSR count). The monoisotopic (exact) mass is 437 g/mol. The highest BCUT2D eigenvalue weighted by Gasteiger charge is 2.51. The lowest BCUT2D eigenvalue weighted by atomic mass is 9.71. The number of hydrogen-bond donors (Lipinski definition) is 1. The zero-order valence-electron chi connectivity index (χ0n) is 18.6. The number of benzene rings is 1. The van der Waals surface area contributed by atoms with Crippen LogP contribution in [0.15, 0.2) is 48.8 Å². The van der Waals surface area contributed by atoms with Crippen molar-refractivity contribution < 1.29 is 19.1 Å². The first kappa shape index (κ1) is 22.3. The van der Waals surface area contributed by atoms with Crippen LogP contribution in [0.4, 0.5) is 0 Å². The Morgan fingerprint density at radius 3 is 2.69 bits per heavy atom. The number of rotatable bonds is 7. The number of likely N-dealkylation sites (tertiary alicyclic amines) is 1. The molecule has 2 fully saturated rings. The zero-order chi connectivity index (χ0) is 22.4. The third-order valence-electron chi connectivity index (χ3n) is 6.62. The van der Waals surface area contributed by atoms with E-state index in [1.54, 1.807) is 18.5 Å². The number of para-hydroxylation sites is 1. The van der Waals surface area contributed by atoms with Crippen LogP contribution in [-0.4, -0.2) is 61.2 Å². The van der Waals surface area contributed by atoms with Gasteiger partial charge >= 0.3 is 0 Å². The van der Waals surface area contributed by atoms with Crippen LogP contribution in [0.3, 0.4) is 0 Å². The van der Waals surface area contributed by atoms with Crippen LogP contribution in [-0.2, 0) is 16.0 Å². The predicted molar refractivity (Wildman–Crippen MR) is 120 cm³/mol. The second-order valence-electron chi connectivity index (χ2n) is 8.54. The topological polar surface area (TPSA) is 80.8 Å². The maximum Gasteiger partial charge on any atom is 0.257 e. The largest absolute Gasteiger partial charge is 0.493 e. The van der Waals surface area contributed by atoms with Gasteiger partial charge in [-0.05, 0) is 56.0 Å². The first-order valence-electron chi connectivity index (χ1n) is 11.4. The molecule has 2 amide bonds. The maximum absolute atomic E-state index is 13.4. The van der Waals surface area contributed by atoms with E-state index >= 15 is 0 Å². The summed E-state index contributed by atoms with van der Waals surface area (Å²) in [7, 11) is 0. The van der Waals surface area contributed by atoms with E-state index in [1.807, 2.05) is 42.2 Å². The molecule has 7 heteroatoms. The highest BCUT2D eigenvalue weighted by atomic mass is 16.5. The molecule has 1 aromatic heterocycles. The minimum Gasteiger partial charge on any atom is -0.493 e. The van der Waals surface area contributed by atoms with E-state index in [0.717, 1.165) is 24.8 Å². The Hall–Kier alpha value is -2.93. The van der Waals surface area contributed by atoms with Crippen LogP contribution >= 0.6 is 0 Å². The van der Waals surface area contributed by atoms with Gasteiger partial charge in [0, 0.05) is 50.7 Å². The third-order valence-corrected chi connectivity index (χ3v) is 6.62. The van der Waals surface area contributed by atoms with Gasteiger partial charge in [-0.25, -0.2) is 0 Å². The number of aromatic nitrogens is 1. The van der Waals surface area contributed by atoms with E-state index < -0.39 is 0 Å². The number of pyridine rings is 1. The molecular formula is C25H31N3O4. The van der Waals surface area contributed by atoms with Gasteiger partial charge in [0.05, 0.1) is 18.1 Å². The molecular weight excluding hydrogens is 406 g/mol. The van der Waals surface area contributed by atoms with Crippen molar-refractivity contribution in [2.75, 3.05) is 39.5 Å². The van der Waals surface area contributed by atoms with Crippen molar-refractivity contribution in [3.8, 4) is 5.75 Å². The van der Waals surface area contributed by atoms with E-state index in [1.165, 1.54) is 0 Å². The van der Waals surface area contributed by atoms with Gasteiger partial charge in [-0.1, -0.05) is 12.1 Å². The van der Waals surface area contributed by atoms with E-state index in [9.17, 15) is 9.59 Å². The van der Waals surface area contributed by atoms with Gasteiger partial charge in [0.15, 0.2) is 0 Å². The second kappa shape index (κ2) is 10.1. The van der Waals surface area contributed by atoms with E-state index in [4.69, 9.17) is 9.47 Å². The summed E-state index contributed by atoms with van der Waals surface area (Å²) in [5.74, 6) is 0.291. The van der Waals surface area contributed by atoms with Crippen molar-refractivity contribution in [2.24, 2.45) is 11.3 Å². The molecule has 2 aromatic rings. The van der Waals surface area contributed by atoms with E-state index in [0.29, 0.717) is 50.8 Å². The molecule has 170 valence electrons. The van der Waals surface area contributed by atoms with Gasteiger partial charge in [0.1, 0.15) is 5.75 Å². The van der Waals surface area contributed by atoms with Gasteiger partial charge in [-0.15, -0.1) is 0 Å². The Morgan fingerprint density at radius 2 is 1.94 bits per heavy atom. The molecule has 7 nitrogen and oxygen atoms in total. The number of hydrogen-bond acceptors (Lipinski definition) is 5.